The monoisotopic (exact) mass is 444 g/mol. The molecule has 0 saturated heterocycles. The zero-order valence-electron chi connectivity index (χ0n) is 15.4. The minimum absolute atomic E-state index is 0.0699. The number of carbonyl (C=O) groups excluding carboxylic acids is 1. The summed E-state index contributed by atoms with van der Waals surface area (Å²) in [5.41, 5.74) is 1.49. The highest BCUT2D eigenvalue weighted by molar-refractivity contribution is 6.30. The van der Waals surface area contributed by atoms with E-state index in [-0.39, 0.29) is 25.3 Å². The maximum Gasteiger partial charge on any atom is 0.306 e. The first kappa shape index (κ1) is 20.1. The van der Waals surface area contributed by atoms with Gasteiger partial charge in [0.25, 0.3) is 5.89 Å². The zero-order valence-corrected chi connectivity index (χ0v) is 16.9. The average Bonchev–Trinajstić information content (AvgIpc) is 3.42. The minimum Gasteiger partial charge on any atom is -0.456 e. The number of rotatable bonds is 7. The number of hydrogen-bond donors (Lipinski definition) is 0. The van der Waals surface area contributed by atoms with Crippen LogP contribution >= 0.6 is 23.2 Å². The van der Waals surface area contributed by atoms with E-state index in [0.717, 1.165) is 11.1 Å². The first-order chi connectivity index (χ1) is 14.6. The molecule has 0 aliphatic heterocycles. The second-order valence-corrected chi connectivity index (χ2v) is 7.06. The van der Waals surface area contributed by atoms with Gasteiger partial charge in [-0.15, -0.1) is 10.2 Å². The van der Waals surface area contributed by atoms with E-state index in [1.165, 1.54) is 0 Å². The highest BCUT2D eigenvalue weighted by Gasteiger charge is 2.14. The molecule has 0 fully saturated rings. The van der Waals surface area contributed by atoms with Gasteiger partial charge in [-0.2, -0.15) is 4.98 Å². The number of nitrogens with zero attached hydrogens (tertiary/aromatic N) is 4. The predicted molar refractivity (Wildman–Crippen MR) is 108 cm³/mol. The van der Waals surface area contributed by atoms with Crippen LogP contribution in [0.15, 0.2) is 57.5 Å². The Balaban J connectivity index is 1.27. The molecule has 2 aromatic heterocycles. The average molecular weight is 445 g/mol. The van der Waals surface area contributed by atoms with E-state index >= 15 is 0 Å². The van der Waals surface area contributed by atoms with Crippen molar-refractivity contribution in [2.45, 2.75) is 19.4 Å². The maximum absolute atomic E-state index is 12.0. The number of hydrogen-bond acceptors (Lipinski definition) is 8. The number of aromatic nitrogens is 4. The Morgan fingerprint density at radius 3 is 2.27 bits per heavy atom. The van der Waals surface area contributed by atoms with Gasteiger partial charge < -0.3 is 13.7 Å². The van der Waals surface area contributed by atoms with E-state index < -0.39 is 5.97 Å². The Bertz CT molecular complexity index is 1050. The SMILES string of the molecule is O=C(CCc1nc(-c2ccc(Cl)cc2)no1)OCc1nnc(-c2ccc(Cl)cc2)o1. The number of benzene rings is 2. The third-order valence-corrected chi connectivity index (χ3v) is 4.53. The van der Waals surface area contributed by atoms with E-state index in [2.05, 4.69) is 20.3 Å². The lowest BCUT2D eigenvalue weighted by Crippen LogP contribution is -2.06. The van der Waals surface area contributed by atoms with E-state index in [4.69, 9.17) is 36.9 Å². The Hall–Kier alpha value is -3.23. The van der Waals surface area contributed by atoms with Crippen LogP contribution in [0.3, 0.4) is 0 Å². The smallest absolute Gasteiger partial charge is 0.306 e. The van der Waals surface area contributed by atoms with Crippen molar-refractivity contribution in [3.8, 4) is 22.8 Å². The fourth-order valence-electron chi connectivity index (χ4n) is 2.52. The Labute approximate surface area is 180 Å². The molecule has 0 saturated carbocycles. The van der Waals surface area contributed by atoms with Crippen molar-refractivity contribution in [2.75, 3.05) is 0 Å². The summed E-state index contributed by atoms with van der Waals surface area (Å²) in [5, 5.41) is 12.9. The van der Waals surface area contributed by atoms with Crippen molar-refractivity contribution in [1.29, 1.82) is 0 Å². The van der Waals surface area contributed by atoms with Gasteiger partial charge in [-0.05, 0) is 48.5 Å². The highest BCUT2D eigenvalue weighted by Crippen LogP contribution is 2.21. The predicted octanol–water partition coefficient (Wildman–Crippen LogP) is 4.77. The van der Waals surface area contributed by atoms with Gasteiger partial charge in [0, 0.05) is 27.6 Å². The first-order valence-corrected chi connectivity index (χ1v) is 9.65. The molecule has 2 aromatic carbocycles. The van der Waals surface area contributed by atoms with Crippen LogP contribution in [0.2, 0.25) is 10.0 Å². The second-order valence-electron chi connectivity index (χ2n) is 6.19. The van der Waals surface area contributed by atoms with Crippen molar-refractivity contribution in [1.82, 2.24) is 20.3 Å². The summed E-state index contributed by atoms with van der Waals surface area (Å²) in [6, 6.07) is 14.0. The number of esters is 1. The molecule has 2 heterocycles. The Kier molecular flexibility index (Phi) is 6.06. The molecule has 152 valence electrons. The summed E-state index contributed by atoms with van der Waals surface area (Å²) in [7, 11) is 0. The van der Waals surface area contributed by atoms with Crippen LogP contribution in [-0.4, -0.2) is 26.3 Å². The summed E-state index contributed by atoms with van der Waals surface area (Å²) < 4.78 is 15.8. The van der Waals surface area contributed by atoms with Gasteiger partial charge in [0.05, 0.1) is 6.42 Å². The second kappa shape index (κ2) is 9.06. The molecule has 0 amide bonds. The summed E-state index contributed by atoms with van der Waals surface area (Å²) in [5.74, 6) is 0.817. The molecular weight excluding hydrogens is 431 g/mol. The summed E-state index contributed by atoms with van der Waals surface area (Å²) in [6.45, 7) is -0.126. The minimum atomic E-state index is -0.451. The molecule has 10 heteroatoms. The van der Waals surface area contributed by atoms with Gasteiger partial charge in [-0.25, -0.2) is 0 Å². The molecule has 0 unspecified atom stereocenters. The molecule has 30 heavy (non-hydrogen) atoms. The summed E-state index contributed by atoms with van der Waals surface area (Å²) in [6.07, 6.45) is 0.319. The standard InChI is InChI=1S/C20H14Cl2N4O4/c21-14-5-1-12(2-6-14)19-23-16(30-26-19)9-10-18(27)28-11-17-24-25-20(29-17)13-3-7-15(22)8-4-13/h1-8H,9-11H2. The molecule has 4 rings (SSSR count). The van der Waals surface area contributed by atoms with E-state index in [9.17, 15) is 4.79 Å². The van der Waals surface area contributed by atoms with Gasteiger partial charge in [0.2, 0.25) is 17.6 Å². The van der Waals surface area contributed by atoms with Gasteiger partial charge in [-0.3, -0.25) is 4.79 Å². The van der Waals surface area contributed by atoms with Crippen molar-refractivity contribution in [3.05, 3.63) is 70.4 Å². The van der Waals surface area contributed by atoms with Crippen LogP contribution < -0.4 is 0 Å². The van der Waals surface area contributed by atoms with Crippen molar-refractivity contribution in [2.24, 2.45) is 0 Å². The molecule has 0 aliphatic rings. The molecule has 8 nitrogen and oxygen atoms in total. The molecular formula is C20H14Cl2N4O4. The fourth-order valence-corrected chi connectivity index (χ4v) is 2.77. The lowest BCUT2D eigenvalue weighted by molar-refractivity contribution is -0.145. The fraction of sp³-hybridized carbons (Fsp3) is 0.150. The van der Waals surface area contributed by atoms with Crippen molar-refractivity contribution < 1.29 is 18.5 Å². The molecule has 0 bridgehead atoms. The van der Waals surface area contributed by atoms with Crippen LogP contribution in [0, 0.1) is 0 Å². The van der Waals surface area contributed by atoms with Crippen LogP contribution in [-0.2, 0) is 22.6 Å². The van der Waals surface area contributed by atoms with Crippen LogP contribution in [0.4, 0.5) is 0 Å². The Morgan fingerprint density at radius 2 is 1.57 bits per heavy atom. The number of halogens is 2. The van der Waals surface area contributed by atoms with Crippen LogP contribution in [0.25, 0.3) is 22.8 Å². The van der Waals surface area contributed by atoms with Gasteiger partial charge >= 0.3 is 5.97 Å². The summed E-state index contributed by atoms with van der Waals surface area (Å²) >= 11 is 11.7. The Morgan fingerprint density at radius 1 is 0.900 bits per heavy atom. The molecule has 0 atom stereocenters. The van der Waals surface area contributed by atoms with Crippen LogP contribution in [0.5, 0.6) is 0 Å². The normalized spacial score (nSPS) is 10.9. The van der Waals surface area contributed by atoms with Gasteiger partial charge in [0.15, 0.2) is 6.61 Å². The first-order valence-electron chi connectivity index (χ1n) is 8.89. The lowest BCUT2D eigenvalue weighted by Gasteiger charge is -2.00. The van der Waals surface area contributed by atoms with Gasteiger partial charge in [0.1, 0.15) is 0 Å². The lowest BCUT2D eigenvalue weighted by atomic mass is 10.2. The maximum atomic E-state index is 12.0. The van der Waals surface area contributed by atoms with Crippen LogP contribution in [0.1, 0.15) is 18.2 Å². The molecule has 4 aromatic rings. The number of ether oxygens (including phenoxy) is 1. The van der Waals surface area contributed by atoms with Crippen molar-refractivity contribution >= 4 is 29.2 Å². The quantitative estimate of drug-likeness (QED) is 0.375. The molecule has 0 aliphatic carbocycles. The molecule has 0 N–H and O–H groups in total. The zero-order chi connectivity index (χ0) is 20.9. The molecule has 0 spiro atoms. The topological polar surface area (TPSA) is 104 Å². The largest absolute Gasteiger partial charge is 0.456 e. The van der Waals surface area contributed by atoms with Gasteiger partial charge in [-0.1, -0.05) is 28.4 Å². The van der Waals surface area contributed by atoms with E-state index in [1.807, 2.05) is 0 Å². The third kappa shape index (κ3) is 5.03. The van der Waals surface area contributed by atoms with E-state index in [1.54, 1.807) is 48.5 Å². The number of aryl methyl sites for hydroxylation is 1. The van der Waals surface area contributed by atoms with E-state index in [0.29, 0.717) is 27.7 Å². The highest BCUT2D eigenvalue weighted by atomic mass is 35.5. The number of carbonyl (C=O) groups is 1. The summed E-state index contributed by atoms with van der Waals surface area (Å²) in [4.78, 5) is 16.3. The third-order valence-electron chi connectivity index (χ3n) is 4.03. The van der Waals surface area contributed by atoms with Crippen molar-refractivity contribution in [3.63, 3.8) is 0 Å². The molecule has 0 radical (unpaired) electrons.